The van der Waals surface area contributed by atoms with E-state index in [0.717, 1.165) is 18.1 Å². The van der Waals surface area contributed by atoms with Crippen molar-refractivity contribution in [1.82, 2.24) is 0 Å². The molecular weight excluding hydrogens is 284 g/mol. The number of ketones is 1. The molecule has 4 nitrogen and oxygen atoms in total. The third kappa shape index (κ3) is 3.18. The highest BCUT2D eigenvalue weighted by Gasteiger charge is 2.32. The smallest absolute Gasteiger partial charge is 0.177 e. The second kappa shape index (κ2) is 6.26. The third-order valence-corrected chi connectivity index (χ3v) is 5.37. The molecular formula is C16H26N2O2S. The SMILES string of the molecule is CCC(=O)c1sc(N2CC(C)C(C)C2)c(OC(C)C)c1N. The Bertz CT molecular complexity index is 515. The van der Waals surface area contributed by atoms with E-state index in [0.29, 0.717) is 34.6 Å². The first-order valence-corrected chi connectivity index (χ1v) is 8.53. The Balaban J connectivity index is 2.41. The van der Waals surface area contributed by atoms with Gasteiger partial charge in [0, 0.05) is 19.5 Å². The van der Waals surface area contributed by atoms with E-state index in [2.05, 4.69) is 18.7 Å². The summed E-state index contributed by atoms with van der Waals surface area (Å²) >= 11 is 1.49. The van der Waals surface area contributed by atoms with Crippen molar-refractivity contribution in [3.63, 3.8) is 0 Å². The summed E-state index contributed by atoms with van der Waals surface area (Å²) in [5.74, 6) is 2.09. The Kier molecular flexibility index (Phi) is 4.81. The van der Waals surface area contributed by atoms with E-state index >= 15 is 0 Å². The molecule has 1 aliphatic heterocycles. The van der Waals surface area contributed by atoms with Gasteiger partial charge in [-0.1, -0.05) is 20.8 Å². The second-order valence-electron chi connectivity index (χ2n) is 6.28. The van der Waals surface area contributed by atoms with Gasteiger partial charge in [0.25, 0.3) is 0 Å². The summed E-state index contributed by atoms with van der Waals surface area (Å²) in [6, 6.07) is 0. The van der Waals surface area contributed by atoms with Crippen molar-refractivity contribution in [2.24, 2.45) is 11.8 Å². The minimum Gasteiger partial charge on any atom is -0.486 e. The first kappa shape index (κ1) is 16.1. The molecule has 2 rings (SSSR count). The molecule has 1 aromatic heterocycles. The van der Waals surface area contributed by atoms with Gasteiger partial charge in [-0.2, -0.15) is 0 Å². The monoisotopic (exact) mass is 310 g/mol. The molecule has 0 aliphatic carbocycles. The molecule has 1 aliphatic rings. The highest BCUT2D eigenvalue weighted by Crippen LogP contribution is 2.47. The summed E-state index contributed by atoms with van der Waals surface area (Å²) in [5.41, 5.74) is 6.72. The Morgan fingerprint density at radius 2 is 1.95 bits per heavy atom. The predicted octanol–water partition coefficient (Wildman–Crippen LogP) is 3.80. The normalized spacial score (nSPS) is 22.1. The van der Waals surface area contributed by atoms with Crippen molar-refractivity contribution in [1.29, 1.82) is 0 Å². The van der Waals surface area contributed by atoms with Crippen molar-refractivity contribution in [3.8, 4) is 5.75 Å². The lowest BCUT2D eigenvalue weighted by Gasteiger charge is -2.20. The third-order valence-electron chi connectivity index (χ3n) is 4.09. The molecule has 2 heterocycles. The van der Waals surface area contributed by atoms with Gasteiger partial charge in [-0.25, -0.2) is 0 Å². The number of anilines is 2. The number of hydrogen-bond acceptors (Lipinski definition) is 5. The van der Waals surface area contributed by atoms with Gasteiger partial charge in [-0.05, 0) is 25.7 Å². The Morgan fingerprint density at radius 1 is 1.38 bits per heavy atom. The zero-order valence-corrected chi connectivity index (χ0v) is 14.4. The number of thiophene rings is 1. The molecule has 0 saturated carbocycles. The molecule has 0 bridgehead atoms. The fourth-order valence-corrected chi connectivity index (χ4v) is 3.82. The molecule has 0 amide bonds. The van der Waals surface area contributed by atoms with Crippen molar-refractivity contribution in [3.05, 3.63) is 4.88 Å². The average molecular weight is 310 g/mol. The molecule has 0 radical (unpaired) electrons. The van der Waals surface area contributed by atoms with Gasteiger partial charge in [0.2, 0.25) is 0 Å². The van der Waals surface area contributed by atoms with E-state index in [4.69, 9.17) is 10.5 Å². The number of carbonyl (C=O) groups excluding carboxylic acids is 1. The molecule has 2 atom stereocenters. The topological polar surface area (TPSA) is 55.6 Å². The minimum atomic E-state index is 0.0441. The van der Waals surface area contributed by atoms with Gasteiger partial charge in [-0.3, -0.25) is 4.79 Å². The number of nitrogens with two attached hydrogens (primary N) is 1. The summed E-state index contributed by atoms with van der Waals surface area (Å²) in [4.78, 5) is 15.1. The van der Waals surface area contributed by atoms with Crippen molar-refractivity contribution < 1.29 is 9.53 Å². The number of nitrogens with zero attached hydrogens (tertiary/aromatic N) is 1. The summed E-state index contributed by atoms with van der Waals surface area (Å²) < 4.78 is 5.93. The van der Waals surface area contributed by atoms with Crippen LogP contribution in [0.5, 0.6) is 5.75 Å². The number of ether oxygens (including phenoxy) is 1. The first-order chi connectivity index (χ1) is 9.85. The van der Waals surface area contributed by atoms with E-state index in [-0.39, 0.29) is 11.9 Å². The first-order valence-electron chi connectivity index (χ1n) is 7.72. The average Bonchev–Trinajstić information content (AvgIpc) is 2.91. The molecule has 21 heavy (non-hydrogen) atoms. The zero-order valence-electron chi connectivity index (χ0n) is 13.6. The van der Waals surface area contributed by atoms with Crippen LogP contribution in [0.3, 0.4) is 0 Å². The second-order valence-corrected chi connectivity index (χ2v) is 7.28. The largest absolute Gasteiger partial charge is 0.486 e. The van der Waals surface area contributed by atoms with Crippen LogP contribution in [-0.4, -0.2) is 25.0 Å². The van der Waals surface area contributed by atoms with Gasteiger partial charge >= 0.3 is 0 Å². The van der Waals surface area contributed by atoms with Crippen LogP contribution < -0.4 is 15.4 Å². The Labute approximate surface area is 131 Å². The summed E-state index contributed by atoms with van der Waals surface area (Å²) in [7, 11) is 0. The van der Waals surface area contributed by atoms with Gasteiger partial charge in [0.1, 0.15) is 5.00 Å². The fraction of sp³-hybridized carbons (Fsp3) is 0.688. The summed E-state index contributed by atoms with van der Waals surface area (Å²) in [6.45, 7) is 12.4. The van der Waals surface area contributed by atoms with Gasteiger partial charge in [0.05, 0.1) is 16.7 Å². The van der Waals surface area contributed by atoms with Crippen LogP contribution in [0.4, 0.5) is 10.7 Å². The number of hydrogen-bond donors (Lipinski definition) is 1. The molecule has 2 N–H and O–H groups in total. The number of rotatable bonds is 5. The van der Waals surface area contributed by atoms with E-state index in [1.807, 2.05) is 20.8 Å². The maximum absolute atomic E-state index is 12.1. The lowest BCUT2D eigenvalue weighted by molar-refractivity contribution is 0.0992. The van der Waals surface area contributed by atoms with Crippen molar-refractivity contribution >= 4 is 27.8 Å². The van der Waals surface area contributed by atoms with Crippen LogP contribution in [-0.2, 0) is 0 Å². The number of Topliss-reactive ketones (excluding diaryl/α,β-unsaturated/α-hetero) is 1. The zero-order chi connectivity index (χ0) is 15.7. The van der Waals surface area contributed by atoms with Crippen LogP contribution >= 0.6 is 11.3 Å². The Hall–Kier alpha value is -1.23. The van der Waals surface area contributed by atoms with Crippen molar-refractivity contribution in [2.75, 3.05) is 23.7 Å². The number of nitrogen functional groups attached to an aromatic ring is 1. The van der Waals surface area contributed by atoms with Gasteiger partial charge in [-0.15, -0.1) is 11.3 Å². The Morgan fingerprint density at radius 3 is 2.43 bits per heavy atom. The van der Waals surface area contributed by atoms with Crippen LogP contribution in [0.2, 0.25) is 0 Å². The molecule has 1 saturated heterocycles. The van der Waals surface area contributed by atoms with E-state index in [9.17, 15) is 4.79 Å². The van der Waals surface area contributed by atoms with Gasteiger partial charge < -0.3 is 15.4 Å². The standard InChI is InChI=1S/C16H26N2O2S/c1-6-12(19)15-13(17)14(20-9(2)3)16(21-15)18-7-10(4)11(5)8-18/h9-11H,6-8,17H2,1-5H3. The summed E-state index contributed by atoms with van der Waals surface area (Å²) in [5, 5.41) is 1.02. The molecule has 2 unspecified atom stereocenters. The lowest BCUT2D eigenvalue weighted by atomic mass is 10.0. The summed E-state index contributed by atoms with van der Waals surface area (Å²) in [6.07, 6.45) is 0.514. The maximum atomic E-state index is 12.1. The number of carbonyl (C=O) groups is 1. The highest BCUT2D eigenvalue weighted by atomic mass is 32.1. The predicted molar refractivity (Wildman–Crippen MR) is 89.7 cm³/mol. The quantitative estimate of drug-likeness (QED) is 0.840. The van der Waals surface area contributed by atoms with Crippen LogP contribution in [0.1, 0.15) is 50.7 Å². The van der Waals surface area contributed by atoms with Crippen LogP contribution in [0.25, 0.3) is 0 Å². The van der Waals surface area contributed by atoms with Gasteiger partial charge in [0.15, 0.2) is 11.5 Å². The molecule has 0 spiro atoms. The van der Waals surface area contributed by atoms with Crippen LogP contribution in [0.15, 0.2) is 0 Å². The molecule has 1 fully saturated rings. The van der Waals surface area contributed by atoms with Crippen molar-refractivity contribution in [2.45, 2.75) is 47.1 Å². The van der Waals surface area contributed by atoms with Crippen LogP contribution in [0, 0.1) is 11.8 Å². The van der Waals surface area contributed by atoms with E-state index < -0.39 is 0 Å². The van der Waals surface area contributed by atoms with E-state index in [1.54, 1.807) is 0 Å². The fourth-order valence-electron chi connectivity index (χ4n) is 2.64. The molecule has 118 valence electrons. The highest BCUT2D eigenvalue weighted by molar-refractivity contribution is 7.19. The van der Waals surface area contributed by atoms with E-state index in [1.165, 1.54) is 11.3 Å². The molecule has 5 heteroatoms. The molecule has 1 aromatic rings. The maximum Gasteiger partial charge on any atom is 0.177 e. The lowest BCUT2D eigenvalue weighted by Crippen LogP contribution is -2.20. The minimum absolute atomic E-state index is 0.0441. The molecule has 0 aromatic carbocycles.